The summed E-state index contributed by atoms with van der Waals surface area (Å²) in [5, 5.41) is 1.64. The molecule has 26 heavy (non-hydrogen) atoms. The quantitative estimate of drug-likeness (QED) is 0.804. The predicted octanol–water partition coefficient (Wildman–Crippen LogP) is 2.36. The van der Waals surface area contributed by atoms with Gasteiger partial charge in [-0.25, -0.2) is 8.42 Å². The van der Waals surface area contributed by atoms with Gasteiger partial charge in [0, 0.05) is 25.0 Å². The fourth-order valence-electron chi connectivity index (χ4n) is 3.37. The van der Waals surface area contributed by atoms with Crippen molar-refractivity contribution in [2.45, 2.75) is 17.1 Å². The standard InChI is InChI=1S/C18H20N2O4S2/c21-18(19-8-10-24-11-9-19)15-12-17(25-13-15)26(22,23)20-7-3-5-14-4-1-2-6-16(14)20/h1-2,4,6,12-13H,3,5,7-11H2. The zero-order valence-electron chi connectivity index (χ0n) is 14.3. The molecule has 0 N–H and O–H groups in total. The molecular weight excluding hydrogens is 372 g/mol. The Morgan fingerprint density at radius 1 is 1.12 bits per heavy atom. The molecule has 0 aliphatic carbocycles. The number of aryl methyl sites for hydroxylation is 1. The van der Waals surface area contributed by atoms with Crippen LogP contribution in [0.2, 0.25) is 0 Å². The molecule has 0 saturated carbocycles. The Hall–Kier alpha value is -1.90. The van der Waals surface area contributed by atoms with Gasteiger partial charge in [0.15, 0.2) is 0 Å². The van der Waals surface area contributed by atoms with Gasteiger partial charge in [-0.1, -0.05) is 18.2 Å². The van der Waals surface area contributed by atoms with E-state index >= 15 is 0 Å². The van der Waals surface area contributed by atoms with Gasteiger partial charge in [0.05, 0.1) is 24.5 Å². The van der Waals surface area contributed by atoms with Crippen LogP contribution in [-0.4, -0.2) is 52.1 Å². The number of carbonyl (C=O) groups is 1. The van der Waals surface area contributed by atoms with Crippen molar-refractivity contribution < 1.29 is 17.9 Å². The smallest absolute Gasteiger partial charge is 0.273 e. The number of sulfonamides is 1. The topological polar surface area (TPSA) is 66.9 Å². The third-order valence-electron chi connectivity index (χ3n) is 4.73. The van der Waals surface area contributed by atoms with Crippen molar-refractivity contribution in [3.63, 3.8) is 0 Å². The molecule has 6 nitrogen and oxygen atoms in total. The first-order chi connectivity index (χ1) is 12.6. The number of ether oxygens (including phenoxy) is 1. The molecule has 1 amide bonds. The van der Waals surface area contributed by atoms with Crippen molar-refractivity contribution in [3.8, 4) is 0 Å². The van der Waals surface area contributed by atoms with E-state index < -0.39 is 10.0 Å². The SMILES string of the molecule is O=C(c1csc(S(=O)(=O)N2CCCc3ccccc32)c1)N1CCOCC1. The number of carbonyl (C=O) groups excluding carboxylic acids is 1. The second-order valence-electron chi connectivity index (χ2n) is 6.37. The first kappa shape index (κ1) is 17.5. The Morgan fingerprint density at radius 2 is 1.88 bits per heavy atom. The van der Waals surface area contributed by atoms with Crippen LogP contribution in [0, 0.1) is 0 Å². The molecule has 3 heterocycles. The number of para-hydroxylation sites is 1. The minimum atomic E-state index is -3.66. The van der Waals surface area contributed by atoms with Gasteiger partial charge in [0.1, 0.15) is 4.21 Å². The molecule has 0 bridgehead atoms. The molecule has 0 unspecified atom stereocenters. The van der Waals surface area contributed by atoms with Crippen LogP contribution in [0.15, 0.2) is 39.9 Å². The highest BCUT2D eigenvalue weighted by atomic mass is 32.2. The lowest BCUT2D eigenvalue weighted by Crippen LogP contribution is -2.40. The van der Waals surface area contributed by atoms with E-state index in [9.17, 15) is 13.2 Å². The average Bonchev–Trinajstić information content (AvgIpc) is 3.18. The predicted molar refractivity (Wildman–Crippen MR) is 100 cm³/mol. The van der Waals surface area contributed by atoms with Gasteiger partial charge in [-0.05, 0) is 30.5 Å². The fraction of sp³-hybridized carbons (Fsp3) is 0.389. The van der Waals surface area contributed by atoms with Gasteiger partial charge < -0.3 is 9.64 Å². The molecule has 8 heteroatoms. The Labute approximate surface area is 157 Å². The Morgan fingerprint density at radius 3 is 2.69 bits per heavy atom. The van der Waals surface area contributed by atoms with E-state index in [-0.39, 0.29) is 10.1 Å². The lowest BCUT2D eigenvalue weighted by atomic mass is 10.0. The minimum absolute atomic E-state index is 0.134. The van der Waals surface area contributed by atoms with Crippen molar-refractivity contribution in [3.05, 3.63) is 46.8 Å². The van der Waals surface area contributed by atoms with Crippen LogP contribution in [0.25, 0.3) is 0 Å². The Bertz CT molecular complexity index is 917. The minimum Gasteiger partial charge on any atom is -0.378 e. The molecule has 138 valence electrons. The number of nitrogens with zero attached hydrogens (tertiary/aromatic N) is 2. The molecule has 0 spiro atoms. The van der Waals surface area contributed by atoms with Crippen LogP contribution in [0.4, 0.5) is 5.69 Å². The summed E-state index contributed by atoms with van der Waals surface area (Å²) in [5.74, 6) is -0.134. The van der Waals surface area contributed by atoms with Crippen LogP contribution in [0.5, 0.6) is 0 Å². The zero-order chi connectivity index (χ0) is 18.1. The van der Waals surface area contributed by atoms with Crippen LogP contribution >= 0.6 is 11.3 Å². The highest BCUT2D eigenvalue weighted by Gasteiger charge is 2.31. The molecule has 1 aromatic heterocycles. The summed E-state index contributed by atoms with van der Waals surface area (Å²) < 4.78 is 33.3. The lowest BCUT2D eigenvalue weighted by molar-refractivity contribution is 0.0303. The first-order valence-electron chi connectivity index (χ1n) is 8.63. The average molecular weight is 393 g/mol. The van der Waals surface area contributed by atoms with Crippen LogP contribution in [0.3, 0.4) is 0 Å². The van der Waals surface area contributed by atoms with Crippen molar-refractivity contribution in [1.29, 1.82) is 0 Å². The Kier molecular flexibility index (Phi) is 4.73. The molecule has 2 aromatic rings. The maximum Gasteiger partial charge on any atom is 0.273 e. The summed E-state index contributed by atoms with van der Waals surface area (Å²) in [4.78, 5) is 14.3. The number of amides is 1. The summed E-state index contributed by atoms with van der Waals surface area (Å²) in [7, 11) is -3.66. The van der Waals surface area contributed by atoms with E-state index in [1.54, 1.807) is 10.3 Å². The molecule has 1 saturated heterocycles. The van der Waals surface area contributed by atoms with Crippen LogP contribution < -0.4 is 4.31 Å². The van der Waals surface area contributed by atoms with E-state index in [1.165, 1.54) is 10.4 Å². The van der Waals surface area contributed by atoms with Crippen molar-refractivity contribution in [2.75, 3.05) is 37.2 Å². The number of rotatable bonds is 3. The monoisotopic (exact) mass is 392 g/mol. The number of morpholine rings is 1. The zero-order valence-corrected chi connectivity index (χ0v) is 15.9. The summed E-state index contributed by atoms with van der Waals surface area (Å²) in [6, 6.07) is 9.11. The second-order valence-corrected chi connectivity index (χ2v) is 9.37. The summed E-state index contributed by atoms with van der Waals surface area (Å²) in [6.45, 7) is 2.58. The molecule has 2 aliphatic rings. The highest BCUT2D eigenvalue weighted by molar-refractivity contribution is 7.94. The van der Waals surface area contributed by atoms with Crippen molar-refractivity contribution in [1.82, 2.24) is 4.90 Å². The molecule has 0 atom stereocenters. The maximum atomic E-state index is 13.2. The normalized spacial score (nSPS) is 17.8. The van der Waals surface area contributed by atoms with E-state index in [4.69, 9.17) is 4.74 Å². The highest BCUT2D eigenvalue weighted by Crippen LogP contribution is 2.34. The molecule has 2 aliphatic heterocycles. The van der Waals surface area contributed by atoms with Crippen molar-refractivity contribution in [2.24, 2.45) is 0 Å². The second kappa shape index (κ2) is 7.02. The van der Waals surface area contributed by atoms with Gasteiger partial charge in [0.2, 0.25) is 0 Å². The number of hydrogen-bond acceptors (Lipinski definition) is 5. The third kappa shape index (κ3) is 3.13. The summed E-state index contributed by atoms with van der Waals surface area (Å²) in [5.41, 5.74) is 2.22. The largest absolute Gasteiger partial charge is 0.378 e. The molecule has 4 rings (SSSR count). The third-order valence-corrected chi connectivity index (χ3v) is 7.96. The maximum absolute atomic E-state index is 13.2. The molecular formula is C18H20N2O4S2. The van der Waals surface area contributed by atoms with Crippen LogP contribution in [0.1, 0.15) is 22.3 Å². The van der Waals surface area contributed by atoms with Gasteiger partial charge in [0.25, 0.3) is 15.9 Å². The number of hydrogen-bond donors (Lipinski definition) is 0. The number of benzene rings is 1. The van der Waals surface area contributed by atoms with Crippen molar-refractivity contribution >= 4 is 33.0 Å². The molecule has 1 aromatic carbocycles. The number of fused-ring (bicyclic) bond motifs is 1. The van der Waals surface area contributed by atoms with E-state index in [0.717, 1.165) is 35.4 Å². The van der Waals surface area contributed by atoms with Gasteiger partial charge >= 0.3 is 0 Å². The van der Waals surface area contributed by atoms with E-state index in [1.807, 2.05) is 24.3 Å². The van der Waals surface area contributed by atoms with E-state index in [0.29, 0.717) is 38.4 Å². The van der Waals surface area contributed by atoms with Gasteiger partial charge in [-0.2, -0.15) is 0 Å². The molecule has 1 fully saturated rings. The number of thiophene rings is 1. The van der Waals surface area contributed by atoms with Gasteiger partial charge in [-0.3, -0.25) is 9.10 Å². The van der Waals surface area contributed by atoms with Crippen LogP contribution in [-0.2, 0) is 21.2 Å². The molecule has 0 radical (unpaired) electrons. The van der Waals surface area contributed by atoms with Gasteiger partial charge in [-0.15, -0.1) is 11.3 Å². The summed E-state index contributed by atoms with van der Waals surface area (Å²) in [6.07, 6.45) is 1.68. The van der Waals surface area contributed by atoms with E-state index in [2.05, 4.69) is 0 Å². The first-order valence-corrected chi connectivity index (χ1v) is 11.0. The summed E-state index contributed by atoms with van der Waals surface area (Å²) >= 11 is 1.11. The lowest BCUT2D eigenvalue weighted by Gasteiger charge is -2.29. The number of anilines is 1. The fourth-order valence-corrected chi connectivity index (χ4v) is 6.18. The Balaban J connectivity index is 1.62.